The lowest BCUT2D eigenvalue weighted by molar-refractivity contribution is 0.313. The third-order valence-corrected chi connectivity index (χ3v) is 2.80. The molecule has 2 nitrogen and oxygen atoms in total. The van der Waals surface area contributed by atoms with Crippen molar-refractivity contribution in [1.82, 2.24) is 4.90 Å². The quantitative estimate of drug-likeness (QED) is 0.661. The maximum Gasteiger partial charge on any atom is 0.0447 e. The second kappa shape index (κ2) is 4.01. The molecule has 2 heteroatoms. The molecule has 1 fully saturated rings. The van der Waals surface area contributed by atoms with Crippen molar-refractivity contribution >= 4 is 5.69 Å². The zero-order valence-electron chi connectivity index (χ0n) is 8.95. The van der Waals surface area contributed by atoms with Gasteiger partial charge in [-0.2, -0.15) is 0 Å². The van der Waals surface area contributed by atoms with Crippen molar-refractivity contribution < 1.29 is 0 Å². The van der Waals surface area contributed by atoms with Gasteiger partial charge in [0.1, 0.15) is 0 Å². The van der Waals surface area contributed by atoms with Gasteiger partial charge in [-0.15, -0.1) is 0 Å². The molecule has 2 rings (SSSR count). The Hall–Kier alpha value is -1.02. The maximum absolute atomic E-state index is 3.33. The molecule has 0 N–H and O–H groups in total. The Labute approximate surface area is 86.1 Å². The summed E-state index contributed by atoms with van der Waals surface area (Å²) >= 11 is 0. The highest BCUT2D eigenvalue weighted by Crippen LogP contribution is 2.15. The summed E-state index contributed by atoms with van der Waals surface area (Å²) in [5.41, 5.74) is 2.52. The minimum absolute atomic E-state index is 1.12. The summed E-state index contributed by atoms with van der Waals surface area (Å²) in [6.07, 6.45) is 0. The normalized spacial score (nSPS) is 18.6. The van der Waals surface area contributed by atoms with Crippen molar-refractivity contribution in [3.8, 4) is 0 Å². The van der Waals surface area contributed by atoms with Gasteiger partial charge in [0, 0.05) is 37.9 Å². The molecule has 0 bridgehead atoms. The molecule has 0 amide bonds. The SMILES string of the molecule is Cc1c[c]c(N2CCN(C)CC2)cc1. The van der Waals surface area contributed by atoms with Crippen LogP contribution >= 0.6 is 0 Å². The topological polar surface area (TPSA) is 6.48 Å². The van der Waals surface area contributed by atoms with Crippen molar-refractivity contribution in [2.75, 3.05) is 38.1 Å². The van der Waals surface area contributed by atoms with Crippen LogP contribution in [0.3, 0.4) is 0 Å². The highest BCUT2D eigenvalue weighted by atomic mass is 15.2. The Balaban J connectivity index is 2.05. The number of nitrogens with zero attached hydrogens (tertiary/aromatic N) is 2. The van der Waals surface area contributed by atoms with Crippen LogP contribution in [0.1, 0.15) is 5.56 Å². The molecule has 1 aromatic rings. The standard InChI is InChI=1S/C12H17N2/c1-11-3-5-12(6-4-11)14-9-7-13(2)8-10-14/h3-5H,7-10H2,1-2H3. The zero-order chi connectivity index (χ0) is 9.97. The monoisotopic (exact) mass is 189 g/mol. The third-order valence-electron chi connectivity index (χ3n) is 2.80. The van der Waals surface area contributed by atoms with E-state index in [0.29, 0.717) is 0 Å². The number of anilines is 1. The lowest BCUT2D eigenvalue weighted by atomic mass is 10.2. The summed E-state index contributed by atoms with van der Waals surface area (Å²) in [4.78, 5) is 4.77. The number of likely N-dealkylation sites (N-methyl/N-ethyl adjacent to an activating group) is 1. The van der Waals surface area contributed by atoms with Crippen molar-refractivity contribution in [2.24, 2.45) is 0 Å². The van der Waals surface area contributed by atoms with E-state index in [-0.39, 0.29) is 0 Å². The third kappa shape index (κ3) is 2.07. The molecule has 1 saturated heterocycles. The average molecular weight is 189 g/mol. The van der Waals surface area contributed by atoms with E-state index < -0.39 is 0 Å². The molecule has 0 atom stereocenters. The van der Waals surface area contributed by atoms with E-state index >= 15 is 0 Å². The van der Waals surface area contributed by atoms with Gasteiger partial charge in [-0.05, 0) is 26.1 Å². The first kappa shape index (κ1) is 9.53. The lowest BCUT2D eigenvalue weighted by Crippen LogP contribution is -2.44. The van der Waals surface area contributed by atoms with Crippen molar-refractivity contribution in [3.63, 3.8) is 0 Å². The molecule has 1 radical (unpaired) electrons. The van der Waals surface area contributed by atoms with Gasteiger partial charge in [-0.3, -0.25) is 0 Å². The van der Waals surface area contributed by atoms with Gasteiger partial charge < -0.3 is 9.80 Å². The van der Waals surface area contributed by atoms with Crippen LogP contribution in [0.2, 0.25) is 0 Å². The number of piperazine rings is 1. The summed E-state index contributed by atoms with van der Waals surface area (Å²) in [5, 5.41) is 0. The lowest BCUT2D eigenvalue weighted by Gasteiger charge is -2.33. The Morgan fingerprint density at radius 1 is 1.14 bits per heavy atom. The largest absolute Gasteiger partial charge is 0.368 e. The first-order valence-corrected chi connectivity index (χ1v) is 5.17. The zero-order valence-corrected chi connectivity index (χ0v) is 8.95. The molecule has 0 aromatic heterocycles. The van der Waals surface area contributed by atoms with Gasteiger partial charge in [0.2, 0.25) is 0 Å². The Kier molecular flexibility index (Phi) is 2.73. The van der Waals surface area contributed by atoms with Gasteiger partial charge in [-0.25, -0.2) is 0 Å². The smallest absolute Gasteiger partial charge is 0.0447 e. The number of hydrogen-bond acceptors (Lipinski definition) is 2. The van der Waals surface area contributed by atoms with E-state index in [9.17, 15) is 0 Å². The average Bonchev–Trinajstić information content (AvgIpc) is 2.21. The predicted molar refractivity (Wildman–Crippen MR) is 59.7 cm³/mol. The van der Waals surface area contributed by atoms with Crippen molar-refractivity contribution in [2.45, 2.75) is 6.92 Å². The van der Waals surface area contributed by atoms with Crippen molar-refractivity contribution in [3.05, 3.63) is 29.8 Å². The number of hydrogen-bond donors (Lipinski definition) is 0. The molecule has 0 saturated carbocycles. The molecule has 1 heterocycles. The van der Waals surface area contributed by atoms with Gasteiger partial charge in [0.25, 0.3) is 0 Å². The first-order chi connectivity index (χ1) is 6.75. The molecule has 0 aliphatic carbocycles. The van der Waals surface area contributed by atoms with E-state index in [1.165, 1.54) is 11.3 Å². The molecular formula is C12H17N2. The highest BCUT2D eigenvalue weighted by molar-refractivity contribution is 5.46. The first-order valence-electron chi connectivity index (χ1n) is 5.17. The summed E-state index contributed by atoms with van der Waals surface area (Å²) in [6.45, 7) is 6.65. The van der Waals surface area contributed by atoms with Crippen LogP contribution in [-0.2, 0) is 0 Å². The fourth-order valence-corrected chi connectivity index (χ4v) is 1.74. The fraction of sp³-hybridized carbons (Fsp3) is 0.500. The fourth-order valence-electron chi connectivity index (χ4n) is 1.74. The van der Waals surface area contributed by atoms with Crippen LogP contribution in [0.25, 0.3) is 0 Å². The van der Waals surface area contributed by atoms with Gasteiger partial charge in [-0.1, -0.05) is 11.6 Å². The Morgan fingerprint density at radius 3 is 2.43 bits per heavy atom. The Morgan fingerprint density at radius 2 is 1.86 bits per heavy atom. The molecule has 1 aliphatic rings. The summed E-state index contributed by atoms with van der Waals surface area (Å²) in [7, 11) is 2.18. The van der Waals surface area contributed by atoms with Crippen LogP contribution in [0.15, 0.2) is 18.2 Å². The number of rotatable bonds is 1. The molecule has 75 valence electrons. The molecular weight excluding hydrogens is 172 g/mol. The van der Waals surface area contributed by atoms with E-state index in [1.54, 1.807) is 0 Å². The minimum Gasteiger partial charge on any atom is -0.368 e. The van der Waals surface area contributed by atoms with Gasteiger partial charge in [0.05, 0.1) is 0 Å². The molecule has 0 unspecified atom stereocenters. The molecule has 1 aromatic carbocycles. The van der Waals surface area contributed by atoms with E-state index in [0.717, 1.165) is 26.2 Å². The summed E-state index contributed by atoms with van der Waals surface area (Å²) in [6, 6.07) is 9.72. The summed E-state index contributed by atoms with van der Waals surface area (Å²) < 4.78 is 0. The molecule has 1 aliphatic heterocycles. The number of aryl methyl sites for hydroxylation is 1. The van der Waals surface area contributed by atoms with Crippen LogP contribution in [-0.4, -0.2) is 38.1 Å². The van der Waals surface area contributed by atoms with Crippen molar-refractivity contribution in [1.29, 1.82) is 0 Å². The van der Waals surface area contributed by atoms with Gasteiger partial charge in [0.15, 0.2) is 0 Å². The predicted octanol–water partition coefficient (Wildman–Crippen LogP) is 1.55. The second-order valence-electron chi connectivity index (χ2n) is 4.04. The van der Waals surface area contributed by atoms with Crippen LogP contribution in [0, 0.1) is 13.0 Å². The summed E-state index contributed by atoms with van der Waals surface area (Å²) in [5.74, 6) is 0. The second-order valence-corrected chi connectivity index (χ2v) is 4.04. The van der Waals surface area contributed by atoms with E-state index in [2.05, 4.69) is 48.0 Å². The number of benzene rings is 1. The highest BCUT2D eigenvalue weighted by Gasteiger charge is 2.13. The van der Waals surface area contributed by atoms with E-state index in [4.69, 9.17) is 0 Å². The van der Waals surface area contributed by atoms with E-state index in [1.807, 2.05) is 0 Å². The van der Waals surface area contributed by atoms with Crippen LogP contribution in [0.4, 0.5) is 5.69 Å². The van der Waals surface area contributed by atoms with Gasteiger partial charge >= 0.3 is 0 Å². The van der Waals surface area contributed by atoms with Crippen LogP contribution in [0.5, 0.6) is 0 Å². The van der Waals surface area contributed by atoms with Crippen LogP contribution < -0.4 is 4.90 Å². The molecule has 14 heavy (non-hydrogen) atoms. The minimum atomic E-state index is 1.12. The molecule has 0 spiro atoms. The maximum atomic E-state index is 3.33. The Bertz CT molecular complexity index is 284.